The van der Waals surface area contributed by atoms with Gasteiger partial charge in [0, 0.05) is 12.1 Å². The van der Waals surface area contributed by atoms with Gasteiger partial charge in [-0.2, -0.15) is 0 Å². The number of esters is 1. The summed E-state index contributed by atoms with van der Waals surface area (Å²) in [6.07, 6.45) is 1.48. The number of carbonyl (C=O) groups is 2. The summed E-state index contributed by atoms with van der Waals surface area (Å²) in [6, 6.07) is 14.0. The van der Waals surface area contributed by atoms with Gasteiger partial charge in [-0.05, 0) is 55.0 Å². The second kappa shape index (κ2) is 9.75. The van der Waals surface area contributed by atoms with Gasteiger partial charge < -0.3 is 14.2 Å². The minimum Gasteiger partial charge on any atom is -0.460 e. The van der Waals surface area contributed by atoms with Gasteiger partial charge in [-0.25, -0.2) is 4.79 Å². The van der Waals surface area contributed by atoms with Gasteiger partial charge in [-0.1, -0.05) is 23.7 Å². The molecule has 0 fully saturated rings. The van der Waals surface area contributed by atoms with Crippen LogP contribution in [0.3, 0.4) is 0 Å². The quantitative estimate of drug-likeness (QED) is 0.227. The van der Waals surface area contributed by atoms with Crippen molar-refractivity contribution < 1.29 is 23.8 Å². The number of benzene rings is 2. The fraction of sp³-hybridized carbons (Fsp3) is 0.200. The maximum Gasteiger partial charge on any atom is 0.341 e. The molecule has 0 bridgehead atoms. The molecule has 0 unspecified atom stereocenters. The van der Waals surface area contributed by atoms with Crippen molar-refractivity contribution >= 4 is 29.4 Å². The van der Waals surface area contributed by atoms with Crippen LogP contribution in [0.15, 0.2) is 54.1 Å². The predicted molar refractivity (Wildman–Crippen MR) is 99.5 cm³/mol. The number of Topliss-reactive ketones (excluding diaryl/α,β-unsaturated/α-hetero) is 1. The maximum atomic E-state index is 12.1. The van der Waals surface area contributed by atoms with Gasteiger partial charge in [-0.15, -0.1) is 0 Å². The van der Waals surface area contributed by atoms with Crippen LogP contribution >= 0.6 is 11.6 Å². The van der Waals surface area contributed by atoms with E-state index in [1.165, 1.54) is 20.1 Å². The predicted octanol–water partition coefficient (Wildman–Crippen LogP) is 4.29. The lowest BCUT2D eigenvalue weighted by molar-refractivity contribution is -0.141. The highest BCUT2D eigenvalue weighted by Crippen LogP contribution is 2.24. The topological polar surface area (TPSA) is 61.8 Å². The zero-order valence-corrected chi connectivity index (χ0v) is 15.3. The molecule has 2 aromatic carbocycles. The number of ketones is 1. The molecule has 2 rings (SSSR count). The molecule has 2 aromatic rings. The number of ether oxygens (including phenoxy) is 3. The lowest BCUT2D eigenvalue weighted by Gasteiger charge is -2.08. The van der Waals surface area contributed by atoms with Crippen LogP contribution < -0.4 is 4.74 Å². The van der Waals surface area contributed by atoms with Gasteiger partial charge in [0.25, 0.3) is 0 Å². The first kappa shape index (κ1) is 19.7. The van der Waals surface area contributed by atoms with E-state index in [-0.39, 0.29) is 24.6 Å². The molecule has 0 saturated heterocycles. The largest absolute Gasteiger partial charge is 0.460 e. The van der Waals surface area contributed by atoms with E-state index in [0.29, 0.717) is 22.1 Å². The van der Waals surface area contributed by atoms with E-state index in [0.717, 1.165) is 0 Å². The van der Waals surface area contributed by atoms with Gasteiger partial charge in [-0.3, -0.25) is 4.79 Å². The van der Waals surface area contributed by atoms with Crippen LogP contribution in [-0.4, -0.2) is 32.1 Å². The maximum absolute atomic E-state index is 12.1. The van der Waals surface area contributed by atoms with E-state index in [2.05, 4.69) is 0 Å². The molecule has 0 spiro atoms. The van der Waals surface area contributed by atoms with Gasteiger partial charge >= 0.3 is 5.97 Å². The van der Waals surface area contributed by atoms with E-state index < -0.39 is 5.97 Å². The number of hydrogen-bond acceptors (Lipinski definition) is 5. The average molecular weight is 375 g/mol. The van der Waals surface area contributed by atoms with Crippen molar-refractivity contribution in [2.45, 2.75) is 6.92 Å². The van der Waals surface area contributed by atoms with E-state index in [1.807, 2.05) is 0 Å². The third-order valence-corrected chi connectivity index (χ3v) is 3.59. The third-order valence-electron chi connectivity index (χ3n) is 3.34. The fourth-order valence-electron chi connectivity index (χ4n) is 2.07. The minimum absolute atomic E-state index is 0.0373. The summed E-state index contributed by atoms with van der Waals surface area (Å²) in [5.41, 5.74) is 0.607. The molecule has 0 N–H and O–H groups in total. The minimum atomic E-state index is -0.682. The van der Waals surface area contributed by atoms with E-state index in [1.54, 1.807) is 48.5 Å². The molecule has 0 aliphatic rings. The van der Waals surface area contributed by atoms with Crippen LogP contribution in [-0.2, 0) is 19.1 Å². The Morgan fingerprint density at radius 1 is 1.04 bits per heavy atom. The van der Waals surface area contributed by atoms with Crippen molar-refractivity contribution in [2.24, 2.45) is 0 Å². The highest BCUT2D eigenvalue weighted by atomic mass is 35.5. The van der Waals surface area contributed by atoms with Crippen molar-refractivity contribution in [2.75, 3.05) is 20.3 Å². The SMILES string of the molecule is COCCOC(=O)/C(=C/c1cccc(Oc2ccc(Cl)cc2)c1)C(C)=O. The van der Waals surface area contributed by atoms with Gasteiger partial charge in [0.1, 0.15) is 23.7 Å². The average Bonchev–Trinajstić information content (AvgIpc) is 2.62. The molecule has 6 heteroatoms. The third kappa shape index (κ3) is 6.02. The second-order valence-electron chi connectivity index (χ2n) is 5.37. The standard InChI is InChI=1S/C20H19ClO5/c1-14(22)19(20(23)25-11-10-24-2)13-15-4-3-5-18(12-15)26-17-8-6-16(21)7-9-17/h3-9,12-13H,10-11H2,1-2H3/b19-13+. The molecule has 0 radical (unpaired) electrons. The molecular formula is C20H19ClO5. The molecule has 0 aliphatic carbocycles. The fourth-order valence-corrected chi connectivity index (χ4v) is 2.20. The van der Waals surface area contributed by atoms with Crippen LogP contribution in [0.2, 0.25) is 5.02 Å². The molecule has 136 valence electrons. The van der Waals surface area contributed by atoms with Crippen molar-refractivity contribution in [1.82, 2.24) is 0 Å². The van der Waals surface area contributed by atoms with Gasteiger partial charge in [0.2, 0.25) is 0 Å². The Labute approximate surface area is 157 Å². The van der Waals surface area contributed by atoms with Crippen molar-refractivity contribution in [3.8, 4) is 11.5 Å². The Morgan fingerprint density at radius 3 is 2.42 bits per heavy atom. The molecule has 0 saturated carbocycles. The first-order valence-electron chi connectivity index (χ1n) is 7.92. The number of rotatable bonds is 8. The van der Waals surface area contributed by atoms with Crippen molar-refractivity contribution in [3.63, 3.8) is 0 Å². The number of methoxy groups -OCH3 is 1. The zero-order valence-electron chi connectivity index (χ0n) is 14.5. The van der Waals surface area contributed by atoms with Gasteiger partial charge in [0.15, 0.2) is 5.78 Å². The van der Waals surface area contributed by atoms with E-state index in [4.69, 9.17) is 25.8 Å². The number of carbonyl (C=O) groups excluding carboxylic acids is 2. The first-order chi connectivity index (χ1) is 12.5. The Hall–Kier alpha value is -2.63. The zero-order chi connectivity index (χ0) is 18.9. The highest BCUT2D eigenvalue weighted by Gasteiger charge is 2.16. The van der Waals surface area contributed by atoms with E-state index in [9.17, 15) is 9.59 Å². The molecule has 0 atom stereocenters. The normalized spacial score (nSPS) is 11.1. The first-order valence-corrected chi connectivity index (χ1v) is 8.29. The summed E-state index contributed by atoms with van der Waals surface area (Å²) in [5.74, 6) is 0.132. The molecule has 0 heterocycles. The molecule has 26 heavy (non-hydrogen) atoms. The summed E-state index contributed by atoms with van der Waals surface area (Å²) >= 11 is 5.86. The number of halogens is 1. The lowest BCUT2D eigenvalue weighted by Crippen LogP contribution is -2.16. The highest BCUT2D eigenvalue weighted by molar-refractivity contribution is 6.30. The summed E-state index contributed by atoms with van der Waals surface area (Å²) in [6.45, 7) is 1.67. The summed E-state index contributed by atoms with van der Waals surface area (Å²) < 4.78 is 15.6. The molecule has 5 nitrogen and oxygen atoms in total. The van der Waals surface area contributed by atoms with Crippen LogP contribution in [0.5, 0.6) is 11.5 Å². The molecule has 0 aromatic heterocycles. The Balaban J connectivity index is 2.17. The monoisotopic (exact) mass is 374 g/mol. The van der Waals surface area contributed by atoms with Gasteiger partial charge in [0.05, 0.1) is 6.61 Å². The molecule has 0 amide bonds. The molecular weight excluding hydrogens is 356 g/mol. The Morgan fingerprint density at radius 2 is 1.77 bits per heavy atom. The van der Waals surface area contributed by atoms with Crippen LogP contribution in [0.1, 0.15) is 12.5 Å². The Bertz CT molecular complexity index is 796. The summed E-state index contributed by atoms with van der Waals surface area (Å²) in [4.78, 5) is 23.8. The molecule has 0 aliphatic heterocycles. The smallest absolute Gasteiger partial charge is 0.341 e. The van der Waals surface area contributed by atoms with Crippen LogP contribution in [0.25, 0.3) is 6.08 Å². The van der Waals surface area contributed by atoms with Crippen molar-refractivity contribution in [3.05, 3.63) is 64.7 Å². The summed E-state index contributed by atoms with van der Waals surface area (Å²) in [5, 5.41) is 0.618. The van der Waals surface area contributed by atoms with Crippen LogP contribution in [0, 0.1) is 0 Å². The lowest BCUT2D eigenvalue weighted by atomic mass is 10.1. The second-order valence-corrected chi connectivity index (χ2v) is 5.81. The van der Waals surface area contributed by atoms with Crippen molar-refractivity contribution in [1.29, 1.82) is 0 Å². The van der Waals surface area contributed by atoms with E-state index >= 15 is 0 Å². The van der Waals surface area contributed by atoms with Crippen LogP contribution in [0.4, 0.5) is 0 Å². The summed E-state index contributed by atoms with van der Waals surface area (Å²) in [7, 11) is 1.50. The number of hydrogen-bond donors (Lipinski definition) is 0. The Kier molecular flexibility index (Phi) is 7.38.